The molecular formula is C14H17N7S2. The molecule has 0 spiro atoms. The van der Waals surface area contributed by atoms with Crippen LogP contribution in [0.1, 0.15) is 19.7 Å². The molecule has 120 valence electrons. The Morgan fingerprint density at radius 2 is 2.00 bits per heavy atom. The van der Waals surface area contributed by atoms with Crippen LogP contribution in [0, 0.1) is 5.92 Å². The Bertz CT molecular complexity index is 738. The quantitative estimate of drug-likeness (QED) is 0.658. The molecule has 0 fully saturated rings. The normalized spacial score (nSPS) is 11.1. The van der Waals surface area contributed by atoms with Crippen molar-refractivity contribution in [3.05, 3.63) is 36.2 Å². The van der Waals surface area contributed by atoms with Crippen LogP contribution in [0.3, 0.4) is 0 Å². The summed E-state index contributed by atoms with van der Waals surface area (Å²) < 4.78 is 2.64. The number of nitrogens with one attached hydrogen (secondary N) is 1. The molecule has 0 radical (unpaired) electrons. The molecule has 2 heterocycles. The second-order valence-electron chi connectivity index (χ2n) is 5.28. The molecule has 2 aromatic heterocycles. The largest absolute Gasteiger partial charge is 0.360 e. The summed E-state index contributed by atoms with van der Waals surface area (Å²) in [4.78, 5) is 0. The fraction of sp³-hybridized carbons (Fsp3) is 0.357. The Balaban J connectivity index is 1.62. The van der Waals surface area contributed by atoms with Gasteiger partial charge in [0.05, 0.1) is 11.4 Å². The van der Waals surface area contributed by atoms with Crippen LogP contribution >= 0.6 is 23.1 Å². The molecule has 0 aliphatic carbocycles. The van der Waals surface area contributed by atoms with E-state index in [4.69, 9.17) is 0 Å². The van der Waals surface area contributed by atoms with E-state index in [0.29, 0.717) is 11.7 Å². The molecule has 3 aromatic rings. The first-order chi connectivity index (χ1) is 11.2. The molecule has 3 rings (SSSR count). The molecule has 0 saturated carbocycles. The lowest BCUT2D eigenvalue weighted by Crippen LogP contribution is -2.07. The molecule has 9 heteroatoms. The summed E-state index contributed by atoms with van der Waals surface area (Å²) in [5, 5.41) is 24.4. The van der Waals surface area contributed by atoms with Gasteiger partial charge in [-0.2, -0.15) is 4.68 Å². The summed E-state index contributed by atoms with van der Waals surface area (Å²) in [7, 11) is 0. The van der Waals surface area contributed by atoms with Gasteiger partial charge in [0, 0.05) is 6.54 Å². The number of rotatable bonds is 7. The number of nitrogens with zero attached hydrogens (tertiary/aromatic N) is 6. The van der Waals surface area contributed by atoms with Crippen molar-refractivity contribution in [3.63, 3.8) is 0 Å². The number of tetrazole rings is 1. The van der Waals surface area contributed by atoms with Gasteiger partial charge in [0.25, 0.3) is 0 Å². The van der Waals surface area contributed by atoms with E-state index in [0.717, 1.165) is 27.5 Å². The zero-order chi connectivity index (χ0) is 16.1. The molecule has 23 heavy (non-hydrogen) atoms. The van der Waals surface area contributed by atoms with Crippen molar-refractivity contribution in [2.75, 3.05) is 11.9 Å². The van der Waals surface area contributed by atoms with E-state index in [1.165, 1.54) is 0 Å². The van der Waals surface area contributed by atoms with Crippen molar-refractivity contribution >= 4 is 28.2 Å². The van der Waals surface area contributed by atoms with Crippen LogP contribution in [0.15, 0.2) is 34.7 Å². The first kappa shape index (κ1) is 15.9. The summed E-state index contributed by atoms with van der Waals surface area (Å²) in [6, 6.07) is 9.85. The average molecular weight is 347 g/mol. The van der Waals surface area contributed by atoms with Crippen LogP contribution in [0.5, 0.6) is 0 Å². The van der Waals surface area contributed by atoms with E-state index in [-0.39, 0.29) is 0 Å². The molecular weight excluding hydrogens is 330 g/mol. The fourth-order valence-electron chi connectivity index (χ4n) is 1.82. The number of aromatic nitrogens is 6. The number of anilines is 1. The van der Waals surface area contributed by atoms with E-state index in [2.05, 4.69) is 44.9 Å². The number of hydrogen-bond acceptors (Lipinski definition) is 8. The van der Waals surface area contributed by atoms with E-state index in [9.17, 15) is 0 Å². The van der Waals surface area contributed by atoms with Crippen LogP contribution in [0.4, 0.5) is 5.13 Å². The summed E-state index contributed by atoms with van der Waals surface area (Å²) in [6.45, 7) is 5.21. The topological polar surface area (TPSA) is 81.4 Å². The number of para-hydroxylation sites is 1. The zero-order valence-corrected chi connectivity index (χ0v) is 14.5. The second kappa shape index (κ2) is 7.51. The number of thioether (sulfide) groups is 1. The van der Waals surface area contributed by atoms with Gasteiger partial charge in [-0.25, -0.2) is 0 Å². The van der Waals surface area contributed by atoms with Crippen LogP contribution in [0.2, 0.25) is 0 Å². The third-order valence-corrected chi connectivity index (χ3v) is 4.94. The van der Waals surface area contributed by atoms with E-state index in [1.807, 2.05) is 30.3 Å². The minimum atomic E-state index is 0.575. The lowest BCUT2D eigenvalue weighted by Gasteiger charge is -2.03. The first-order valence-electron chi connectivity index (χ1n) is 7.25. The molecule has 0 amide bonds. The first-order valence-corrected chi connectivity index (χ1v) is 9.05. The van der Waals surface area contributed by atoms with Crippen molar-refractivity contribution < 1.29 is 0 Å². The molecule has 0 atom stereocenters. The van der Waals surface area contributed by atoms with Crippen molar-refractivity contribution in [1.82, 2.24) is 30.4 Å². The molecule has 7 nitrogen and oxygen atoms in total. The van der Waals surface area contributed by atoms with Crippen LogP contribution in [-0.4, -0.2) is 36.9 Å². The second-order valence-corrected chi connectivity index (χ2v) is 7.48. The van der Waals surface area contributed by atoms with Crippen molar-refractivity contribution in [2.45, 2.75) is 23.9 Å². The summed E-state index contributed by atoms with van der Waals surface area (Å²) in [5.41, 5.74) is 0.949. The van der Waals surface area contributed by atoms with Crippen LogP contribution < -0.4 is 5.32 Å². The Morgan fingerprint density at radius 1 is 1.17 bits per heavy atom. The molecule has 0 saturated heterocycles. The molecule has 1 N–H and O–H groups in total. The highest BCUT2D eigenvalue weighted by Gasteiger charge is 2.11. The van der Waals surface area contributed by atoms with Gasteiger partial charge < -0.3 is 5.32 Å². The standard InChI is InChI=1S/C14H17N7S2/c1-10(2)8-15-13-17-18-14(23-13)22-9-12-16-19-20-21(12)11-6-4-3-5-7-11/h3-7,10H,8-9H2,1-2H3,(H,15,17). The van der Waals surface area contributed by atoms with Gasteiger partial charge in [-0.1, -0.05) is 55.1 Å². The van der Waals surface area contributed by atoms with Crippen LogP contribution in [0.25, 0.3) is 5.69 Å². The predicted molar refractivity (Wildman–Crippen MR) is 92.0 cm³/mol. The maximum atomic E-state index is 4.19. The Hall–Kier alpha value is -2.00. The highest BCUT2D eigenvalue weighted by Crippen LogP contribution is 2.28. The van der Waals surface area contributed by atoms with Crippen molar-refractivity contribution in [2.24, 2.45) is 5.92 Å². The molecule has 0 bridgehead atoms. The maximum absolute atomic E-state index is 4.19. The van der Waals surface area contributed by atoms with Gasteiger partial charge in [-0.3, -0.25) is 0 Å². The van der Waals surface area contributed by atoms with E-state index >= 15 is 0 Å². The zero-order valence-electron chi connectivity index (χ0n) is 12.9. The SMILES string of the molecule is CC(C)CNc1nnc(SCc2nnnn2-c2ccccc2)s1. The Labute approximate surface area is 142 Å². The van der Waals surface area contributed by atoms with Gasteiger partial charge in [0.15, 0.2) is 10.2 Å². The summed E-state index contributed by atoms with van der Waals surface area (Å²) in [5.74, 6) is 2.00. The molecule has 0 aliphatic heterocycles. The Morgan fingerprint density at radius 3 is 2.78 bits per heavy atom. The van der Waals surface area contributed by atoms with Gasteiger partial charge in [0.2, 0.25) is 5.13 Å². The number of hydrogen-bond donors (Lipinski definition) is 1. The third-order valence-electron chi connectivity index (χ3n) is 2.93. The van der Waals surface area contributed by atoms with E-state index < -0.39 is 0 Å². The van der Waals surface area contributed by atoms with Gasteiger partial charge in [-0.15, -0.1) is 15.3 Å². The molecule has 1 aromatic carbocycles. The summed E-state index contributed by atoms with van der Waals surface area (Å²) in [6.07, 6.45) is 0. The predicted octanol–water partition coefficient (Wildman–Crippen LogP) is 2.87. The lowest BCUT2D eigenvalue weighted by molar-refractivity contribution is 0.687. The van der Waals surface area contributed by atoms with Gasteiger partial charge in [0.1, 0.15) is 0 Å². The molecule has 0 unspecified atom stereocenters. The van der Waals surface area contributed by atoms with Crippen LogP contribution in [-0.2, 0) is 5.75 Å². The average Bonchev–Trinajstić information content (AvgIpc) is 3.21. The number of benzene rings is 1. The lowest BCUT2D eigenvalue weighted by atomic mass is 10.2. The Kier molecular flexibility index (Phi) is 5.19. The monoisotopic (exact) mass is 347 g/mol. The van der Waals surface area contributed by atoms with Gasteiger partial charge >= 0.3 is 0 Å². The smallest absolute Gasteiger partial charge is 0.206 e. The highest BCUT2D eigenvalue weighted by atomic mass is 32.2. The molecule has 0 aliphatic rings. The minimum absolute atomic E-state index is 0.575. The van der Waals surface area contributed by atoms with Crippen molar-refractivity contribution in [3.8, 4) is 5.69 Å². The summed E-state index contributed by atoms with van der Waals surface area (Å²) >= 11 is 3.13. The van der Waals surface area contributed by atoms with E-state index in [1.54, 1.807) is 27.8 Å². The fourth-order valence-corrected chi connectivity index (χ4v) is 3.49. The minimum Gasteiger partial charge on any atom is -0.360 e. The van der Waals surface area contributed by atoms with Crippen molar-refractivity contribution in [1.29, 1.82) is 0 Å². The maximum Gasteiger partial charge on any atom is 0.206 e. The third kappa shape index (κ3) is 4.26. The highest BCUT2D eigenvalue weighted by molar-refractivity contribution is 8.00. The van der Waals surface area contributed by atoms with Gasteiger partial charge in [-0.05, 0) is 28.5 Å².